The Morgan fingerprint density at radius 2 is 2.40 bits per heavy atom. The van der Waals surface area contributed by atoms with Crippen LogP contribution in [0.4, 0.5) is 8.78 Å². The number of carbonyl (C=O) groups excluding carboxylic acids is 1. The number of amides is 1. The van der Waals surface area contributed by atoms with E-state index in [1.165, 1.54) is 6.07 Å². The van der Waals surface area contributed by atoms with Crippen LogP contribution >= 0.6 is 23.7 Å². The van der Waals surface area contributed by atoms with Gasteiger partial charge in [-0.2, -0.15) is 8.78 Å². The molecule has 1 saturated heterocycles. The van der Waals surface area contributed by atoms with Gasteiger partial charge in [0.15, 0.2) is 0 Å². The van der Waals surface area contributed by atoms with Crippen molar-refractivity contribution in [3.05, 3.63) is 16.3 Å². The van der Waals surface area contributed by atoms with Crippen LogP contribution in [-0.4, -0.2) is 44.1 Å². The van der Waals surface area contributed by atoms with Crippen LogP contribution in [0.5, 0.6) is 5.75 Å². The molecule has 0 bridgehead atoms. The predicted molar refractivity (Wildman–Crippen MR) is 76.1 cm³/mol. The van der Waals surface area contributed by atoms with Gasteiger partial charge in [0, 0.05) is 13.1 Å². The number of hydrogen-bond donors (Lipinski definition) is 1. The Kier molecular flexibility index (Phi) is 6.64. The molecule has 4 nitrogen and oxygen atoms in total. The van der Waals surface area contributed by atoms with E-state index in [0.717, 1.165) is 24.3 Å². The Hall–Kier alpha value is -0.920. The van der Waals surface area contributed by atoms with Gasteiger partial charge in [-0.15, -0.1) is 23.7 Å². The minimum Gasteiger partial charge on any atom is -0.433 e. The predicted octanol–water partition coefficient (Wildman–Crippen LogP) is 2.45. The van der Waals surface area contributed by atoms with Crippen LogP contribution in [0.1, 0.15) is 16.1 Å². The Bertz CT molecular complexity index is 445. The molecular formula is C12H17ClF2N2O2S. The molecule has 1 aliphatic rings. The van der Waals surface area contributed by atoms with Crippen LogP contribution < -0.4 is 10.1 Å². The monoisotopic (exact) mass is 326 g/mol. The summed E-state index contributed by atoms with van der Waals surface area (Å²) in [5.41, 5.74) is 0. The molecule has 8 heteroatoms. The van der Waals surface area contributed by atoms with Crippen molar-refractivity contribution in [2.75, 3.05) is 26.7 Å². The summed E-state index contributed by atoms with van der Waals surface area (Å²) in [5, 5.41) is 4.67. The lowest BCUT2D eigenvalue weighted by Gasteiger charge is -2.16. The van der Waals surface area contributed by atoms with Crippen LogP contribution in [0.3, 0.4) is 0 Å². The van der Waals surface area contributed by atoms with E-state index >= 15 is 0 Å². The van der Waals surface area contributed by atoms with E-state index in [-0.39, 0.29) is 28.9 Å². The molecule has 1 aromatic heterocycles. The molecule has 1 atom stereocenters. The van der Waals surface area contributed by atoms with Gasteiger partial charge >= 0.3 is 6.61 Å². The standard InChI is InChI=1S/C12H16F2N2O2S.ClH/c1-15-6-8-2-4-16(7-8)11(17)10-9(3-5-19-10)18-12(13)14;/h3,5,8,12,15H,2,4,6-7H2,1H3;1H. The van der Waals surface area contributed by atoms with Gasteiger partial charge in [0.25, 0.3) is 5.91 Å². The highest BCUT2D eigenvalue weighted by atomic mass is 35.5. The Balaban J connectivity index is 0.00000200. The maximum Gasteiger partial charge on any atom is 0.387 e. The fourth-order valence-corrected chi connectivity index (χ4v) is 3.05. The lowest BCUT2D eigenvalue weighted by molar-refractivity contribution is -0.0499. The van der Waals surface area contributed by atoms with Crippen molar-refractivity contribution in [2.45, 2.75) is 13.0 Å². The van der Waals surface area contributed by atoms with Crippen LogP contribution in [-0.2, 0) is 0 Å². The molecule has 0 radical (unpaired) electrons. The van der Waals surface area contributed by atoms with Crippen molar-refractivity contribution in [2.24, 2.45) is 5.92 Å². The first-order chi connectivity index (χ1) is 9.11. The van der Waals surface area contributed by atoms with Crippen molar-refractivity contribution in [1.29, 1.82) is 0 Å². The van der Waals surface area contributed by atoms with Crippen molar-refractivity contribution >= 4 is 29.7 Å². The lowest BCUT2D eigenvalue weighted by Crippen LogP contribution is -2.30. The van der Waals surface area contributed by atoms with E-state index < -0.39 is 6.61 Å². The van der Waals surface area contributed by atoms with Gasteiger partial charge in [-0.3, -0.25) is 4.79 Å². The first-order valence-electron chi connectivity index (χ1n) is 6.08. The van der Waals surface area contributed by atoms with Gasteiger partial charge in [-0.1, -0.05) is 0 Å². The molecule has 20 heavy (non-hydrogen) atoms. The normalized spacial score (nSPS) is 18.2. The summed E-state index contributed by atoms with van der Waals surface area (Å²) in [6.07, 6.45) is 0.934. The van der Waals surface area contributed by atoms with E-state index in [9.17, 15) is 13.6 Å². The summed E-state index contributed by atoms with van der Waals surface area (Å²) in [7, 11) is 1.87. The second-order valence-electron chi connectivity index (χ2n) is 4.46. The Morgan fingerprint density at radius 1 is 1.65 bits per heavy atom. The summed E-state index contributed by atoms with van der Waals surface area (Å²) in [5.74, 6) is 0.180. The number of carbonyl (C=O) groups is 1. The fourth-order valence-electron chi connectivity index (χ4n) is 2.26. The van der Waals surface area contributed by atoms with Gasteiger partial charge < -0.3 is 15.0 Å². The first-order valence-corrected chi connectivity index (χ1v) is 6.96. The van der Waals surface area contributed by atoms with Crippen LogP contribution in [0.2, 0.25) is 0 Å². The number of ether oxygens (including phenoxy) is 1. The molecule has 0 spiro atoms. The van der Waals surface area contributed by atoms with Gasteiger partial charge in [-0.25, -0.2) is 0 Å². The van der Waals surface area contributed by atoms with Gasteiger partial charge in [0.1, 0.15) is 10.6 Å². The largest absolute Gasteiger partial charge is 0.433 e. The van der Waals surface area contributed by atoms with Crippen molar-refractivity contribution in [3.8, 4) is 5.75 Å². The fraction of sp³-hybridized carbons (Fsp3) is 0.583. The molecule has 2 heterocycles. The smallest absolute Gasteiger partial charge is 0.387 e. The number of hydrogen-bond acceptors (Lipinski definition) is 4. The zero-order valence-electron chi connectivity index (χ0n) is 11.0. The molecule has 1 aliphatic heterocycles. The SMILES string of the molecule is CNCC1CCN(C(=O)c2sccc2OC(F)F)C1.Cl. The highest BCUT2D eigenvalue weighted by molar-refractivity contribution is 7.12. The average molecular weight is 327 g/mol. The quantitative estimate of drug-likeness (QED) is 0.903. The van der Waals surface area contributed by atoms with Crippen molar-refractivity contribution in [3.63, 3.8) is 0 Å². The number of alkyl halides is 2. The third-order valence-electron chi connectivity index (χ3n) is 3.11. The van der Waals surface area contributed by atoms with Gasteiger partial charge in [-0.05, 0) is 37.4 Å². The van der Waals surface area contributed by atoms with E-state index in [1.807, 2.05) is 7.05 Å². The number of rotatable bonds is 5. The molecule has 0 aromatic carbocycles. The molecule has 1 amide bonds. The number of nitrogens with one attached hydrogen (secondary N) is 1. The molecule has 0 saturated carbocycles. The molecule has 1 aromatic rings. The van der Waals surface area contributed by atoms with E-state index in [4.69, 9.17) is 0 Å². The maximum atomic E-state index is 12.3. The summed E-state index contributed by atoms with van der Waals surface area (Å²) in [6.45, 7) is -0.728. The summed E-state index contributed by atoms with van der Waals surface area (Å²) >= 11 is 1.14. The van der Waals surface area contributed by atoms with Gasteiger partial charge in [0.05, 0.1) is 0 Å². The molecule has 0 aliphatic carbocycles. The first kappa shape index (κ1) is 17.1. The second-order valence-corrected chi connectivity index (χ2v) is 5.37. The van der Waals surface area contributed by atoms with E-state index in [0.29, 0.717) is 19.0 Å². The van der Waals surface area contributed by atoms with Crippen LogP contribution in [0, 0.1) is 5.92 Å². The lowest BCUT2D eigenvalue weighted by atomic mass is 10.1. The summed E-state index contributed by atoms with van der Waals surface area (Å²) < 4.78 is 28.8. The minimum absolute atomic E-state index is 0. The molecule has 1 N–H and O–H groups in total. The highest BCUT2D eigenvalue weighted by Crippen LogP contribution is 2.29. The van der Waals surface area contributed by atoms with Crippen LogP contribution in [0.15, 0.2) is 11.4 Å². The molecule has 2 rings (SSSR count). The molecule has 114 valence electrons. The van der Waals surface area contributed by atoms with E-state index in [2.05, 4.69) is 10.1 Å². The molecule has 1 unspecified atom stereocenters. The Morgan fingerprint density at radius 3 is 3.05 bits per heavy atom. The number of halogens is 3. The zero-order valence-corrected chi connectivity index (χ0v) is 12.6. The third-order valence-corrected chi connectivity index (χ3v) is 3.99. The van der Waals surface area contributed by atoms with Crippen LogP contribution in [0.25, 0.3) is 0 Å². The highest BCUT2D eigenvalue weighted by Gasteiger charge is 2.29. The number of nitrogens with zero attached hydrogens (tertiary/aromatic N) is 1. The van der Waals surface area contributed by atoms with Crippen molar-refractivity contribution < 1.29 is 18.3 Å². The Labute approximate surface area is 126 Å². The summed E-state index contributed by atoms with van der Waals surface area (Å²) in [4.78, 5) is 14.2. The zero-order chi connectivity index (χ0) is 13.8. The van der Waals surface area contributed by atoms with E-state index in [1.54, 1.807) is 10.3 Å². The molecule has 1 fully saturated rings. The van der Waals surface area contributed by atoms with Gasteiger partial charge in [0.2, 0.25) is 0 Å². The average Bonchev–Trinajstić information content (AvgIpc) is 2.97. The third kappa shape index (κ3) is 4.04. The molecular weight excluding hydrogens is 310 g/mol. The number of thiophene rings is 1. The summed E-state index contributed by atoms with van der Waals surface area (Å²) in [6, 6.07) is 1.41. The van der Waals surface area contributed by atoms with Crippen molar-refractivity contribution in [1.82, 2.24) is 10.2 Å². The number of likely N-dealkylation sites (tertiary alicyclic amines) is 1. The minimum atomic E-state index is -2.91. The maximum absolute atomic E-state index is 12.3. The topological polar surface area (TPSA) is 41.6 Å². The second kappa shape index (κ2) is 7.75.